The number of carbonyl (C=O) groups excluding carboxylic acids is 1. The Kier molecular flexibility index (Phi) is 6.32. The van der Waals surface area contributed by atoms with Gasteiger partial charge in [-0.1, -0.05) is 18.2 Å². The van der Waals surface area contributed by atoms with Gasteiger partial charge in [-0.2, -0.15) is 5.10 Å². The zero-order chi connectivity index (χ0) is 21.3. The van der Waals surface area contributed by atoms with Crippen LogP contribution in [0.25, 0.3) is 5.69 Å². The van der Waals surface area contributed by atoms with Gasteiger partial charge in [0.15, 0.2) is 0 Å². The maximum absolute atomic E-state index is 13.9. The molecule has 1 saturated heterocycles. The second-order valence-electron chi connectivity index (χ2n) is 8.25. The molecule has 1 aliphatic carbocycles. The molecule has 9 heteroatoms. The number of rotatable bonds is 5. The Labute approximate surface area is 192 Å². The summed E-state index contributed by atoms with van der Waals surface area (Å²) in [6, 6.07) is 14.0. The van der Waals surface area contributed by atoms with E-state index in [1.165, 1.54) is 10.7 Å². The number of benzene rings is 1. The van der Waals surface area contributed by atoms with Gasteiger partial charge >= 0.3 is 6.09 Å². The summed E-state index contributed by atoms with van der Waals surface area (Å²) in [6.07, 6.45) is 6.71. The minimum absolute atomic E-state index is 0. The van der Waals surface area contributed by atoms with E-state index in [-0.39, 0.29) is 24.3 Å². The van der Waals surface area contributed by atoms with Crippen LogP contribution in [-0.4, -0.2) is 39.5 Å². The third-order valence-corrected chi connectivity index (χ3v) is 6.17. The van der Waals surface area contributed by atoms with Crippen molar-refractivity contribution in [1.82, 2.24) is 14.8 Å². The summed E-state index contributed by atoms with van der Waals surface area (Å²) >= 11 is 0. The quantitative estimate of drug-likeness (QED) is 0.594. The van der Waals surface area contributed by atoms with Crippen LogP contribution in [0.2, 0.25) is 0 Å². The van der Waals surface area contributed by atoms with Crippen molar-refractivity contribution < 1.29 is 13.9 Å². The topological polar surface area (TPSA) is 72.3 Å². The van der Waals surface area contributed by atoms with E-state index < -0.39 is 5.60 Å². The Morgan fingerprint density at radius 1 is 1.12 bits per heavy atom. The molecule has 1 N–H and O–H groups in total. The molecular weight excluding hydrogens is 433 g/mol. The molecular formula is C23H25ClFN5O2. The molecule has 7 nitrogen and oxygen atoms in total. The number of ether oxygens (including phenoxy) is 1. The van der Waals surface area contributed by atoms with Gasteiger partial charge < -0.3 is 10.1 Å². The molecule has 1 aromatic carbocycles. The lowest BCUT2D eigenvalue weighted by Crippen LogP contribution is -2.39. The Hall–Kier alpha value is -3.13. The summed E-state index contributed by atoms with van der Waals surface area (Å²) in [5.41, 5.74) is 0.00742. The molecule has 1 saturated carbocycles. The molecule has 1 amide bonds. The van der Waals surface area contributed by atoms with Crippen LogP contribution < -0.4 is 10.2 Å². The lowest BCUT2D eigenvalue weighted by atomic mass is 9.78. The number of hydrogen-bond donors (Lipinski definition) is 1. The third kappa shape index (κ3) is 4.41. The van der Waals surface area contributed by atoms with E-state index in [1.54, 1.807) is 35.5 Å². The van der Waals surface area contributed by atoms with Crippen molar-refractivity contribution in [1.29, 1.82) is 0 Å². The van der Waals surface area contributed by atoms with E-state index in [0.29, 0.717) is 24.0 Å². The van der Waals surface area contributed by atoms with Crippen LogP contribution in [0.5, 0.6) is 0 Å². The number of nitrogens with zero attached hydrogens (tertiary/aromatic N) is 4. The highest BCUT2D eigenvalue weighted by atomic mass is 35.5. The average Bonchev–Trinajstić information content (AvgIpc) is 3.39. The minimum atomic E-state index is -0.419. The molecule has 5 rings (SSSR count). The first kappa shape index (κ1) is 22.1. The van der Waals surface area contributed by atoms with Gasteiger partial charge in [-0.05, 0) is 55.9 Å². The molecule has 1 aliphatic heterocycles. The number of aromatic nitrogens is 3. The van der Waals surface area contributed by atoms with E-state index in [0.717, 1.165) is 38.0 Å². The van der Waals surface area contributed by atoms with Crippen LogP contribution in [0.4, 0.5) is 20.8 Å². The number of halogens is 2. The molecule has 0 radical (unpaired) electrons. The van der Waals surface area contributed by atoms with Gasteiger partial charge in [0.25, 0.3) is 0 Å². The number of para-hydroxylation sites is 1. The first-order valence-corrected chi connectivity index (χ1v) is 10.6. The van der Waals surface area contributed by atoms with Gasteiger partial charge in [0, 0.05) is 25.0 Å². The fraction of sp³-hybridized carbons (Fsp3) is 0.348. The zero-order valence-electron chi connectivity index (χ0n) is 17.5. The van der Waals surface area contributed by atoms with Crippen molar-refractivity contribution in [2.24, 2.45) is 5.92 Å². The second-order valence-corrected chi connectivity index (χ2v) is 8.25. The van der Waals surface area contributed by atoms with Gasteiger partial charge in [-0.3, -0.25) is 4.90 Å². The summed E-state index contributed by atoms with van der Waals surface area (Å²) in [7, 11) is 0. The maximum atomic E-state index is 13.9. The predicted octanol–water partition coefficient (Wildman–Crippen LogP) is 4.83. The SMILES string of the molecule is Cl.O=C1OC2(CCC(CNc3ccn(-c4ccccc4F)n3)CC2)CN1c1ccccn1. The van der Waals surface area contributed by atoms with E-state index in [9.17, 15) is 9.18 Å². The van der Waals surface area contributed by atoms with Gasteiger partial charge in [-0.15, -0.1) is 12.4 Å². The van der Waals surface area contributed by atoms with E-state index in [4.69, 9.17) is 4.74 Å². The normalized spacial score (nSPS) is 22.5. The highest BCUT2D eigenvalue weighted by Gasteiger charge is 2.47. The fourth-order valence-corrected chi connectivity index (χ4v) is 4.42. The van der Waals surface area contributed by atoms with Crippen LogP contribution in [-0.2, 0) is 4.74 Å². The van der Waals surface area contributed by atoms with E-state index in [2.05, 4.69) is 15.4 Å². The number of pyridine rings is 1. The molecule has 168 valence electrons. The summed E-state index contributed by atoms with van der Waals surface area (Å²) in [4.78, 5) is 18.3. The minimum Gasteiger partial charge on any atom is -0.441 e. The van der Waals surface area contributed by atoms with Gasteiger partial charge in [0.05, 0.1) is 6.54 Å². The molecule has 2 fully saturated rings. The molecule has 2 aliphatic rings. The molecule has 3 aromatic rings. The number of carbonyl (C=O) groups is 1. The molecule has 0 unspecified atom stereocenters. The molecule has 1 spiro atoms. The van der Waals surface area contributed by atoms with Crippen molar-refractivity contribution in [3.8, 4) is 5.69 Å². The number of hydrogen-bond acceptors (Lipinski definition) is 5. The summed E-state index contributed by atoms with van der Waals surface area (Å²) in [6.45, 7) is 1.33. The third-order valence-electron chi connectivity index (χ3n) is 6.17. The Bertz CT molecular complexity index is 1070. The van der Waals surface area contributed by atoms with Crippen molar-refractivity contribution in [2.75, 3.05) is 23.3 Å². The van der Waals surface area contributed by atoms with Crippen molar-refractivity contribution in [2.45, 2.75) is 31.3 Å². The number of anilines is 2. The zero-order valence-corrected chi connectivity index (χ0v) is 18.3. The number of nitrogens with one attached hydrogen (secondary N) is 1. The van der Waals surface area contributed by atoms with Gasteiger partial charge in [-0.25, -0.2) is 18.9 Å². The molecule has 0 atom stereocenters. The van der Waals surface area contributed by atoms with Crippen LogP contribution in [0, 0.1) is 11.7 Å². The lowest BCUT2D eigenvalue weighted by Gasteiger charge is -2.35. The molecule has 3 heterocycles. The monoisotopic (exact) mass is 457 g/mol. The summed E-state index contributed by atoms with van der Waals surface area (Å²) < 4.78 is 21.3. The first-order valence-electron chi connectivity index (χ1n) is 10.6. The van der Waals surface area contributed by atoms with Gasteiger partial charge in [0.2, 0.25) is 0 Å². The van der Waals surface area contributed by atoms with E-state index >= 15 is 0 Å². The average molecular weight is 458 g/mol. The summed E-state index contributed by atoms with van der Waals surface area (Å²) in [5, 5.41) is 7.80. The smallest absolute Gasteiger partial charge is 0.416 e. The van der Waals surface area contributed by atoms with Crippen LogP contribution in [0.3, 0.4) is 0 Å². The Balaban J connectivity index is 0.00000245. The Morgan fingerprint density at radius 3 is 2.66 bits per heavy atom. The van der Waals surface area contributed by atoms with Crippen LogP contribution in [0.15, 0.2) is 60.9 Å². The Morgan fingerprint density at radius 2 is 1.91 bits per heavy atom. The molecule has 0 bridgehead atoms. The number of amides is 1. The van der Waals surface area contributed by atoms with Crippen molar-refractivity contribution >= 4 is 30.1 Å². The van der Waals surface area contributed by atoms with Gasteiger partial charge in [0.1, 0.15) is 28.7 Å². The highest BCUT2D eigenvalue weighted by molar-refractivity contribution is 5.89. The second kappa shape index (κ2) is 9.16. The summed E-state index contributed by atoms with van der Waals surface area (Å²) in [5.74, 6) is 1.52. The fourth-order valence-electron chi connectivity index (χ4n) is 4.42. The van der Waals surface area contributed by atoms with E-state index in [1.807, 2.05) is 24.3 Å². The molecule has 2 aromatic heterocycles. The lowest BCUT2D eigenvalue weighted by molar-refractivity contribution is 0.0148. The van der Waals surface area contributed by atoms with Crippen LogP contribution in [0.1, 0.15) is 25.7 Å². The first-order chi connectivity index (χ1) is 15.1. The molecule has 32 heavy (non-hydrogen) atoms. The van der Waals surface area contributed by atoms with Crippen LogP contribution >= 0.6 is 12.4 Å². The predicted molar refractivity (Wildman–Crippen MR) is 122 cm³/mol. The standard InChI is InChI=1S/C23H24FN5O2.ClH/c24-18-5-1-2-6-19(18)29-14-10-20(27-29)26-15-17-8-11-23(12-9-17)16-28(22(30)31-23)21-7-3-4-13-25-21;/h1-7,10,13-14,17H,8-9,11-12,15-16H2,(H,26,27);1H. The highest BCUT2D eigenvalue weighted by Crippen LogP contribution is 2.40. The maximum Gasteiger partial charge on any atom is 0.416 e. The largest absolute Gasteiger partial charge is 0.441 e. The van der Waals surface area contributed by atoms with Crippen molar-refractivity contribution in [3.63, 3.8) is 0 Å². The van der Waals surface area contributed by atoms with Crippen molar-refractivity contribution in [3.05, 3.63) is 66.7 Å².